The van der Waals surface area contributed by atoms with E-state index in [1.165, 1.54) is 15.8 Å². The average molecular weight is 576 g/mol. The van der Waals surface area contributed by atoms with E-state index in [0.717, 1.165) is 29.5 Å². The molecule has 4 aliphatic heterocycles. The first-order valence-electron chi connectivity index (χ1n) is 15.4. The topological polar surface area (TPSA) is 118 Å². The number of ether oxygens (including phenoxy) is 1. The summed E-state index contributed by atoms with van der Waals surface area (Å²) in [5, 5.41) is 16.3. The van der Waals surface area contributed by atoms with Crippen LogP contribution in [-0.2, 0) is 25.5 Å². The van der Waals surface area contributed by atoms with Gasteiger partial charge < -0.3 is 20.3 Å². The highest BCUT2D eigenvalue weighted by molar-refractivity contribution is 6.01. The van der Waals surface area contributed by atoms with Crippen LogP contribution >= 0.6 is 0 Å². The van der Waals surface area contributed by atoms with Crippen molar-refractivity contribution in [1.82, 2.24) is 25.0 Å². The molecule has 5 heterocycles. The summed E-state index contributed by atoms with van der Waals surface area (Å²) in [4.78, 5) is 50.7. The number of carbonyl (C=O) groups is 3. The van der Waals surface area contributed by atoms with Gasteiger partial charge in [0.2, 0.25) is 17.5 Å². The second-order valence-corrected chi connectivity index (χ2v) is 13.6. The smallest absolute Gasteiger partial charge is 0.281 e. The normalized spacial score (nSPS) is 34.2. The zero-order valence-corrected chi connectivity index (χ0v) is 25.0. The summed E-state index contributed by atoms with van der Waals surface area (Å²) in [6.45, 7) is 8.60. The number of fused-ring (bicyclic) bond motifs is 5. The minimum absolute atomic E-state index is 0.108. The molecule has 3 N–H and O–H groups in total. The Balaban J connectivity index is 1.24. The van der Waals surface area contributed by atoms with Gasteiger partial charge in [0.15, 0.2) is 0 Å². The van der Waals surface area contributed by atoms with Crippen molar-refractivity contribution in [2.75, 3.05) is 20.1 Å². The molecule has 0 unspecified atom stereocenters. The number of aromatic nitrogens is 1. The molecular weight excluding hydrogens is 534 g/mol. The molecule has 0 saturated carbocycles. The van der Waals surface area contributed by atoms with E-state index in [2.05, 4.69) is 33.5 Å². The van der Waals surface area contributed by atoms with Gasteiger partial charge in [0.05, 0.1) is 5.92 Å². The maximum atomic E-state index is 14.4. The Morgan fingerprint density at radius 1 is 1.24 bits per heavy atom. The van der Waals surface area contributed by atoms with Crippen molar-refractivity contribution >= 4 is 34.2 Å². The summed E-state index contributed by atoms with van der Waals surface area (Å²) in [7, 11) is 2.03. The minimum atomic E-state index is -2.00. The predicted octanol–water partition coefficient (Wildman–Crippen LogP) is 2.43. The summed E-state index contributed by atoms with van der Waals surface area (Å²) in [5.41, 5.74) is 2.79. The van der Waals surface area contributed by atoms with E-state index in [0.29, 0.717) is 25.9 Å². The third kappa shape index (κ3) is 3.70. The van der Waals surface area contributed by atoms with Crippen LogP contribution in [0.2, 0.25) is 0 Å². The van der Waals surface area contributed by atoms with Crippen LogP contribution in [0, 0.1) is 17.8 Å². The number of aliphatic hydroxyl groups is 1. The SMILES string of the molecule is CC(C)C[C@@H]1C(=O)N2CCC[C@H]2[C@@]2(O)O[C@@](NC(=O)[C@H]3C=C4c5cccc6[nH]cc(c56)C[C@H]4N(C)C3)(C(C)C)C(=O)N12. The fourth-order valence-electron chi connectivity index (χ4n) is 8.10. The molecule has 224 valence electrons. The number of hydrogen-bond acceptors (Lipinski definition) is 6. The molecule has 1 aliphatic carbocycles. The van der Waals surface area contributed by atoms with Crippen molar-refractivity contribution in [2.45, 2.75) is 83.1 Å². The maximum absolute atomic E-state index is 14.4. The molecule has 3 amide bonds. The van der Waals surface area contributed by atoms with Crippen molar-refractivity contribution in [3.63, 3.8) is 0 Å². The first-order valence-corrected chi connectivity index (χ1v) is 15.4. The van der Waals surface area contributed by atoms with Crippen molar-refractivity contribution in [3.05, 3.63) is 41.6 Å². The average Bonchev–Trinajstić information content (AvgIpc) is 3.65. The number of hydrogen-bond donors (Lipinski definition) is 3. The minimum Gasteiger partial charge on any atom is -0.361 e. The van der Waals surface area contributed by atoms with E-state index in [-0.39, 0.29) is 23.8 Å². The van der Waals surface area contributed by atoms with Crippen molar-refractivity contribution < 1.29 is 24.2 Å². The van der Waals surface area contributed by atoms with Crippen LogP contribution in [-0.4, -0.2) is 92.4 Å². The highest BCUT2D eigenvalue weighted by atomic mass is 16.7. The number of nitrogens with one attached hydrogen (secondary N) is 2. The molecule has 0 spiro atoms. The molecule has 5 aliphatic rings. The zero-order chi connectivity index (χ0) is 29.7. The van der Waals surface area contributed by atoms with Gasteiger partial charge in [-0.2, -0.15) is 0 Å². The summed E-state index contributed by atoms with van der Waals surface area (Å²) >= 11 is 0. The number of piperazine rings is 1. The van der Waals surface area contributed by atoms with Gasteiger partial charge in [-0.1, -0.05) is 45.9 Å². The van der Waals surface area contributed by atoms with Crippen LogP contribution in [0.5, 0.6) is 0 Å². The summed E-state index contributed by atoms with van der Waals surface area (Å²) < 4.78 is 6.43. The van der Waals surface area contributed by atoms with E-state index in [4.69, 9.17) is 4.74 Å². The van der Waals surface area contributed by atoms with Crippen LogP contribution in [0.4, 0.5) is 0 Å². The Morgan fingerprint density at radius 3 is 2.76 bits per heavy atom. The number of carbonyl (C=O) groups excluding carboxylic acids is 3. The standard InChI is InChI=1S/C32H41N5O5/c1-17(2)12-25-29(39)36-11-7-10-26(36)32(41)37(25)30(40)31(42-32,18(3)4)34-28(38)20-13-22-21-8-6-9-23-27(21)19(15-33-23)14-24(22)35(5)16-20/h6,8-9,13,15,17-18,20,24-26,33,41H,7,10-12,14,16H2,1-5H3,(H,34,38)/t20-,24+,25+,26-,31-,32+/m0/s1. The molecule has 3 saturated heterocycles. The monoisotopic (exact) mass is 575 g/mol. The van der Waals surface area contributed by atoms with Gasteiger partial charge in [0, 0.05) is 42.1 Å². The number of aromatic amines is 1. The number of likely N-dealkylation sites (N-methyl/N-ethyl adjacent to an activating group) is 1. The fraction of sp³-hybridized carbons (Fsp3) is 0.594. The molecule has 2 aromatic rings. The Morgan fingerprint density at radius 2 is 2.02 bits per heavy atom. The van der Waals surface area contributed by atoms with Gasteiger partial charge in [0.1, 0.15) is 12.1 Å². The Bertz CT molecular complexity index is 1510. The van der Waals surface area contributed by atoms with Gasteiger partial charge in [-0.3, -0.25) is 28.9 Å². The lowest BCUT2D eigenvalue weighted by atomic mass is 9.79. The van der Waals surface area contributed by atoms with Gasteiger partial charge in [-0.25, -0.2) is 0 Å². The lowest BCUT2D eigenvalue weighted by Gasteiger charge is -2.49. The molecule has 42 heavy (non-hydrogen) atoms. The van der Waals surface area contributed by atoms with Crippen LogP contribution in [0.25, 0.3) is 16.5 Å². The molecule has 10 heteroatoms. The van der Waals surface area contributed by atoms with E-state index in [9.17, 15) is 19.5 Å². The number of H-pyrrole nitrogens is 1. The molecule has 3 fully saturated rings. The summed E-state index contributed by atoms with van der Waals surface area (Å²) in [5.74, 6) is -3.97. The second kappa shape index (κ2) is 9.39. The lowest BCUT2D eigenvalue weighted by molar-refractivity contribution is -0.322. The molecule has 6 atom stereocenters. The molecule has 1 aromatic carbocycles. The van der Waals surface area contributed by atoms with Crippen LogP contribution in [0.3, 0.4) is 0 Å². The highest BCUT2D eigenvalue weighted by Gasteiger charge is 2.72. The number of rotatable bonds is 5. The Hall–Kier alpha value is -3.21. The third-order valence-electron chi connectivity index (χ3n) is 10.2. The van der Waals surface area contributed by atoms with Gasteiger partial charge >= 0.3 is 0 Å². The molecule has 0 radical (unpaired) electrons. The molecule has 7 rings (SSSR count). The van der Waals surface area contributed by atoms with Crippen LogP contribution < -0.4 is 5.32 Å². The largest absolute Gasteiger partial charge is 0.361 e. The molecule has 1 aromatic heterocycles. The summed E-state index contributed by atoms with van der Waals surface area (Å²) in [6, 6.07) is 4.84. The van der Waals surface area contributed by atoms with E-state index >= 15 is 0 Å². The molecular formula is C32H41N5O5. The Labute approximate surface area is 246 Å². The van der Waals surface area contributed by atoms with Gasteiger partial charge in [-0.15, -0.1) is 0 Å². The predicted molar refractivity (Wildman–Crippen MR) is 156 cm³/mol. The van der Waals surface area contributed by atoms with Gasteiger partial charge in [0.25, 0.3) is 11.8 Å². The second-order valence-electron chi connectivity index (χ2n) is 13.6. The zero-order valence-electron chi connectivity index (χ0n) is 25.0. The Kier molecular flexibility index (Phi) is 6.18. The van der Waals surface area contributed by atoms with Crippen molar-refractivity contribution in [3.8, 4) is 0 Å². The lowest BCUT2D eigenvalue weighted by Crippen LogP contribution is -2.71. The molecule has 10 nitrogen and oxygen atoms in total. The molecule has 0 bridgehead atoms. The van der Waals surface area contributed by atoms with E-state index < -0.39 is 41.5 Å². The van der Waals surface area contributed by atoms with Crippen molar-refractivity contribution in [2.24, 2.45) is 17.8 Å². The first kappa shape index (κ1) is 27.6. The van der Waals surface area contributed by atoms with Gasteiger partial charge in [-0.05, 0) is 61.4 Å². The van der Waals surface area contributed by atoms with E-state index in [1.54, 1.807) is 4.90 Å². The van der Waals surface area contributed by atoms with Crippen LogP contribution in [0.1, 0.15) is 58.1 Å². The fourth-order valence-corrected chi connectivity index (χ4v) is 8.10. The third-order valence-corrected chi connectivity index (χ3v) is 10.2. The quantitative estimate of drug-likeness (QED) is 0.504. The van der Waals surface area contributed by atoms with Crippen molar-refractivity contribution in [1.29, 1.82) is 0 Å². The summed E-state index contributed by atoms with van der Waals surface area (Å²) in [6.07, 6.45) is 6.62. The highest BCUT2D eigenvalue weighted by Crippen LogP contribution is 2.48. The maximum Gasteiger partial charge on any atom is 0.281 e. The number of benzene rings is 1. The van der Waals surface area contributed by atoms with E-state index in [1.807, 2.05) is 46.9 Å². The number of amides is 3. The first-order chi connectivity index (χ1) is 20.0. The van der Waals surface area contributed by atoms with Crippen LogP contribution in [0.15, 0.2) is 30.5 Å². The number of nitrogens with zero attached hydrogens (tertiary/aromatic N) is 3.